The number of rotatable bonds is 3. The monoisotopic (exact) mass is 308 g/mol. The van der Waals surface area contributed by atoms with Crippen LogP contribution in [0.4, 0.5) is 0 Å². The molecule has 3 rings (SSSR count). The van der Waals surface area contributed by atoms with Gasteiger partial charge in [-0.25, -0.2) is 4.98 Å². The predicted molar refractivity (Wildman–Crippen MR) is 78.3 cm³/mol. The highest BCUT2D eigenvalue weighted by Crippen LogP contribution is 2.31. The van der Waals surface area contributed by atoms with Gasteiger partial charge in [-0.1, -0.05) is 11.6 Å². The van der Waals surface area contributed by atoms with Crippen LogP contribution in [0.25, 0.3) is 0 Å². The van der Waals surface area contributed by atoms with Crippen molar-refractivity contribution in [3.63, 3.8) is 0 Å². The second-order valence-corrected chi connectivity index (χ2v) is 6.04. The van der Waals surface area contributed by atoms with Crippen molar-refractivity contribution in [2.24, 2.45) is 0 Å². The van der Waals surface area contributed by atoms with E-state index in [2.05, 4.69) is 10.3 Å². The largest absolute Gasteiger partial charge is 0.480 e. The number of benzene rings is 1. The lowest BCUT2D eigenvalue weighted by Gasteiger charge is -2.10. The number of hydrogen-bond donors (Lipinski definition) is 1. The second kappa shape index (κ2) is 5.42. The Morgan fingerprint density at radius 3 is 3.20 bits per heavy atom. The van der Waals surface area contributed by atoms with Crippen LogP contribution in [0, 0.1) is 6.92 Å². The van der Waals surface area contributed by atoms with E-state index in [1.807, 2.05) is 18.4 Å². The summed E-state index contributed by atoms with van der Waals surface area (Å²) in [5.74, 6) is 0.616. The molecule has 1 N–H and O–H groups in total. The first-order valence-corrected chi connectivity index (χ1v) is 7.51. The van der Waals surface area contributed by atoms with E-state index in [4.69, 9.17) is 16.3 Å². The lowest BCUT2D eigenvalue weighted by Crippen LogP contribution is -2.36. The molecule has 6 heteroatoms. The zero-order valence-electron chi connectivity index (χ0n) is 10.9. The summed E-state index contributed by atoms with van der Waals surface area (Å²) in [6, 6.07) is 5.41. The van der Waals surface area contributed by atoms with Gasteiger partial charge in [-0.05, 0) is 30.7 Å². The van der Waals surface area contributed by atoms with Crippen molar-refractivity contribution >= 4 is 28.8 Å². The van der Waals surface area contributed by atoms with Crippen LogP contribution in [-0.4, -0.2) is 17.0 Å². The van der Waals surface area contributed by atoms with Gasteiger partial charge in [-0.2, -0.15) is 0 Å². The number of carbonyl (C=O) groups is 1. The predicted octanol–water partition coefficient (Wildman–Crippen LogP) is 2.72. The van der Waals surface area contributed by atoms with E-state index in [9.17, 15) is 4.79 Å². The fourth-order valence-corrected chi connectivity index (χ4v) is 3.03. The minimum atomic E-state index is -0.482. The first kappa shape index (κ1) is 13.4. The molecule has 0 aliphatic carbocycles. The molecule has 0 saturated heterocycles. The van der Waals surface area contributed by atoms with Crippen molar-refractivity contribution in [1.29, 1.82) is 0 Å². The zero-order valence-corrected chi connectivity index (χ0v) is 12.4. The van der Waals surface area contributed by atoms with Crippen molar-refractivity contribution in [3.8, 4) is 5.75 Å². The van der Waals surface area contributed by atoms with Gasteiger partial charge in [0, 0.05) is 22.5 Å². The summed E-state index contributed by atoms with van der Waals surface area (Å²) in [6.07, 6.45) is 0.0723. The van der Waals surface area contributed by atoms with Gasteiger partial charge in [0.1, 0.15) is 10.8 Å². The summed E-state index contributed by atoms with van der Waals surface area (Å²) in [5.41, 5.74) is 1.95. The number of thiazole rings is 1. The number of aryl methyl sites for hydroxylation is 1. The van der Waals surface area contributed by atoms with Crippen LogP contribution in [0.15, 0.2) is 23.6 Å². The standard InChI is InChI=1S/C14H13ClN2O2S/c1-8-7-20-13(17-8)6-16-14(18)12-5-9-4-10(15)2-3-11(9)19-12/h2-4,7,12H,5-6H2,1H3,(H,16,18). The number of nitrogens with one attached hydrogen (secondary N) is 1. The number of halogens is 1. The lowest BCUT2D eigenvalue weighted by atomic mass is 10.1. The molecule has 1 aliphatic rings. The Labute approximate surface area is 125 Å². The summed E-state index contributed by atoms with van der Waals surface area (Å²) in [4.78, 5) is 16.4. The number of aromatic nitrogens is 1. The van der Waals surface area contributed by atoms with E-state index in [1.165, 1.54) is 11.3 Å². The third kappa shape index (κ3) is 2.78. The zero-order chi connectivity index (χ0) is 14.1. The third-order valence-electron chi connectivity index (χ3n) is 3.07. The number of amides is 1. The number of fused-ring (bicyclic) bond motifs is 1. The number of ether oxygens (including phenoxy) is 1. The molecule has 1 atom stereocenters. The molecule has 0 saturated carbocycles. The minimum Gasteiger partial charge on any atom is -0.480 e. The molecular weight excluding hydrogens is 296 g/mol. The Balaban J connectivity index is 1.60. The fraction of sp³-hybridized carbons (Fsp3) is 0.286. The Kier molecular flexibility index (Phi) is 3.63. The molecule has 4 nitrogen and oxygen atoms in total. The van der Waals surface area contributed by atoms with E-state index in [-0.39, 0.29) is 5.91 Å². The highest BCUT2D eigenvalue weighted by atomic mass is 35.5. The average molecular weight is 309 g/mol. The van der Waals surface area contributed by atoms with E-state index in [1.54, 1.807) is 12.1 Å². The van der Waals surface area contributed by atoms with Crippen LogP contribution >= 0.6 is 22.9 Å². The molecule has 0 radical (unpaired) electrons. The van der Waals surface area contributed by atoms with Crippen LogP contribution in [0.5, 0.6) is 5.75 Å². The van der Waals surface area contributed by atoms with E-state index in [0.29, 0.717) is 18.0 Å². The lowest BCUT2D eigenvalue weighted by molar-refractivity contribution is -0.127. The molecule has 0 bridgehead atoms. The van der Waals surface area contributed by atoms with E-state index >= 15 is 0 Å². The summed E-state index contributed by atoms with van der Waals surface area (Å²) >= 11 is 7.47. The first-order chi connectivity index (χ1) is 9.61. The van der Waals surface area contributed by atoms with Gasteiger partial charge in [0.25, 0.3) is 5.91 Å². The van der Waals surface area contributed by atoms with Crippen molar-refractivity contribution < 1.29 is 9.53 Å². The molecule has 0 spiro atoms. The highest BCUT2D eigenvalue weighted by molar-refractivity contribution is 7.09. The molecule has 2 aromatic rings. The van der Waals surface area contributed by atoms with Crippen LogP contribution in [0.2, 0.25) is 5.02 Å². The molecule has 1 aromatic heterocycles. The Bertz CT molecular complexity index is 656. The third-order valence-corrected chi connectivity index (χ3v) is 4.27. The normalized spacial score (nSPS) is 16.6. The van der Waals surface area contributed by atoms with Gasteiger partial charge < -0.3 is 10.1 Å². The average Bonchev–Trinajstić information content (AvgIpc) is 3.01. The fourth-order valence-electron chi connectivity index (χ4n) is 2.12. The maximum absolute atomic E-state index is 12.1. The Morgan fingerprint density at radius 2 is 2.45 bits per heavy atom. The SMILES string of the molecule is Cc1csc(CNC(=O)C2Cc3cc(Cl)ccc3O2)n1. The first-order valence-electron chi connectivity index (χ1n) is 6.25. The molecular formula is C14H13ClN2O2S. The molecule has 1 aliphatic heterocycles. The molecule has 1 aromatic carbocycles. The van der Waals surface area contributed by atoms with Crippen molar-refractivity contribution in [2.45, 2.75) is 26.0 Å². The molecule has 0 fully saturated rings. The molecule has 20 heavy (non-hydrogen) atoms. The van der Waals surface area contributed by atoms with E-state index < -0.39 is 6.10 Å². The molecule has 1 amide bonds. The van der Waals surface area contributed by atoms with Crippen molar-refractivity contribution in [1.82, 2.24) is 10.3 Å². The van der Waals surface area contributed by atoms with Gasteiger partial charge in [-0.3, -0.25) is 4.79 Å². The summed E-state index contributed by atoms with van der Waals surface area (Å²) in [7, 11) is 0. The van der Waals surface area contributed by atoms with Crippen LogP contribution in [0.1, 0.15) is 16.3 Å². The number of nitrogens with zero attached hydrogens (tertiary/aromatic N) is 1. The van der Waals surface area contributed by atoms with Crippen molar-refractivity contribution in [3.05, 3.63) is 44.9 Å². The molecule has 2 heterocycles. The van der Waals surface area contributed by atoms with Gasteiger partial charge in [-0.15, -0.1) is 11.3 Å². The van der Waals surface area contributed by atoms with Crippen LogP contribution < -0.4 is 10.1 Å². The quantitative estimate of drug-likeness (QED) is 0.948. The Morgan fingerprint density at radius 1 is 1.60 bits per heavy atom. The summed E-state index contributed by atoms with van der Waals surface area (Å²) < 4.78 is 5.63. The van der Waals surface area contributed by atoms with E-state index in [0.717, 1.165) is 22.0 Å². The van der Waals surface area contributed by atoms with Crippen molar-refractivity contribution in [2.75, 3.05) is 0 Å². The Hall–Kier alpha value is -1.59. The minimum absolute atomic E-state index is 0.120. The maximum atomic E-state index is 12.1. The van der Waals surface area contributed by atoms with Gasteiger partial charge >= 0.3 is 0 Å². The van der Waals surface area contributed by atoms with Crippen LogP contribution in [0.3, 0.4) is 0 Å². The number of carbonyl (C=O) groups excluding carboxylic acids is 1. The van der Waals surface area contributed by atoms with Gasteiger partial charge in [0.15, 0.2) is 6.10 Å². The topological polar surface area (TPSA) is 51.2 Å². The smallest absolute Gasteiger partial charge is 0.261 e. The highest BCUT2D eigenvalue weighted by Gasteiger charge is 2.29. The number of hydrogen-bond acceptors (Lipinski definition) is 4. The van der Waals surface area contributed by atoms with Crippen LogP contribution in [-0.2, 0) is 17.8 Å². The summed E-state index contributed by atoms with van der Waals surface area (Å²) in [5, 5.41) is 6.37. The maximum Gasteiger partial charge on any atom is 0.261 e. The van der Waals surface area contributed by atoms with Gasteiger partial charge in [0.05, 0.1) is 6.54 Å². The van der Waals surface area contributed by atoms with Gasteiger partial charge in [0.2, 0.25) is 0 Å². The molecule has 104 valence electrons. The molecule has 1 unspecified atom stereocenters. The summed E-state index contributed by atoms with van der Waals surface area (Å²) in [6.45, 7) is 2.37. The second-order valence-electron chi connectivity index (χ2n) is 4.66.